The van der Waals surface area contributed by atoms with E-state index in [-0.39, 0.29) is 0 Å². The van der Waals surface area contributed by atoms with E-state index < -0.39 is 0 Å². The Morgan fingerprint density at radius 3 is 2.50 bits per heavy atom. The van der Waals surface area contributed by atoms with Gasteiger partial charge in [-0.2, -0.15) is 0 Å². The molecule has 0 heteroatoms. The second kappa shape index (κ2) is 8.38. The highest BCUT2D eigenvalue weighted by atomic mass is 13.9. The van der Waals surface area contributed by atoms with Gasteiger partial charge in [0.15, 0.2) is 0 Å². The molecule has 0 saturated carbocycles. The summed E-state index contributed by atoms with van der Waals surface area (Å²) in [7, 11) is 0. The molecular formula is C14H20. The Bertz CT molecular complexity index is 301. The highest BCUT2D eigenvalue weighted by molar-refractivity contribution is 5.19. The van der Waals surface area contributed by atoms with Gasteiger partial charge in [-0.15, -0.1) is 0 Å². The van der Waals surface area contributed by atoms with E-state index in [0.29, 0.717) is 0 Å². The summed E-state index contributed by atoms with van der Waals surface area (Å²) in [4.78, 5) is 0. The zero-order valence-electron chi connectivity index (χ0n) is 9.72. The van der Waals surface area contributed by atoms with E-state index in [9.17, 15) is 0 Å². The summed E-state index contributed by atoms with van der Waals surface area (Å²) < 4.78 is 0. The van der Waals surface area contributed by atoms with Crippen LogP contribution in [0.3, 0.4) is 0 Å². The predicted octanol–water partition coefficient (Wildman–Crippen LogP) is 4.57. The molecular weight excluding hydrogens is 168 g/mol. The van der Waals surface area contributed by atoms with Gasteiger partial charge in [0, 0.05) is 5.57 Å². The maximum atomic E-state index is 3.12. The molecule has 0 bridgehead atoms. The van der Waals surface area contributed by atoms with E-state index in [1.165, 1.54) is 11.1 Å². The fourth-order valence-electron chi connectivity index (χ4n) is 0.918. The van der Waals surface area contributed by atoms with Gasteiger partial charge in [0.1, 0.15) is 0 Å². The van der Waals surface area contributed by atoms with E-state index >= 15 is 0 Å². The fraction of sp³-hybridized carbons (Fsp3) is 0.429. The number of allylic oxidation sites excluding steroid dienone is 6. The topological polar surface area (TPSA) is 0 Å². The molecule has 0 heterocycles. The van der Waals surface area contributed by atoms with Crippen molar-refractivity contribution in [1.82, 2.24) is 0 Å². The van der Waals surface area contributed by atoms with Gasteiger partial charge in [-0.05, 0) is 39.7 Å². The van der Waals surface area contributed by atoms with Gasteiger partial charge in [0.25, 0.3) is 0 Å². The molecule has 0 atom stereocenters. The average molecular weight is 188 g/mol. The maximum absolute atomic E-state index is 3.12. The van der Waals surface area contributed by atoms with Gasteiger partial charge in [0.2, 0.25) is 0 Å². The molecule has 0 N–H and O–H groups in total. The van der Waals surface area contributed by atoms with Crippen LogP contribution in [0.2, 0.25) is 0 Å². The molecule has 0 aliphatic carbocycles. The molecule has 0 amide bonds. The van der Waals surface area contributed by atoms with Crippen molar-refractivity contribution in [3.8, 4) is 0 Å². The summed E-state index contributed by atoms with van der Waals surface area (Å²) in [5, 5.41) is 0. The van der Waals surface area contributed by atoms with Crippen LogP contribution in [-0.2, 0) is 0 Å². The van der Waals surface area contributed by atoms with Crippen molar-refractivity contribution in [3.63, 3.8) is 0 Å². The summed E-state index contributed by atoms with van der Waals surface area (Å²) >= 11 is 0. The van der Waals surface area contributed by atoms with E-state index in [4.69, 9.17) is 0 Å². The van der Waals surface area contributed by atoms with Crippen molar-refractivity contribution in [1.29, 1.82) is 0 Å². The highest BCUT2D eigenvalue weighted by Gasteiger charge is 1.85. The Hall–Kier alpha value is -1.22. The van der Waals surface area contributed by atoms with E-state index in [0.717, 1.165) is 12.8 Å². The average Bonchev–Trinajstić information content (AvgIpc) is 2.22. The third-order valence-corrected chi connectivity index (χ3v) is 2.01. The molecule has 0 rings (SSSR count). The number of hydrogen-bond donors (Lipinski definition) is 0. The van der Waals surface area contributed by atoms with Crippen LogP contribution in [0.25, 0.3) is 0 Å². The monoisotopic (exact) mass is 188 g/mol. The lowest BCUT2D eigenvalue weighted by Crippen LogP contribution is -1.73. The lowest BCUT2D eigenvalue weighted by molar-refractivity contribution is 1.14. The predicted molar refractivity (Wildman–Crippen MR) is 64.3 cm³/mol. The maximum Gasteiger partial charge on any atom is 0.00179 e. The summed E-state index contributed by atoms with van der Waals surface area (Å²) in [5.74, 6) is 0. The fourth-order valence-corrected chi connectivity index (χ4v) is 0.918. The Morgan fingerprint density at radius 1 is 1.29 bits per heavy atom. The van der Waals surface area contributed by atoms with Crippen LogP contribution in [0.5, 0.6) is 0 Å². The van der Waals surface area contributed by atoms with Crippen molar-refractivity contribution < 1.29 is 0 Å². The smallest absolute Gasteiger partial charge is 0.00179 e. The third kappa shape index (κ3) is 6.31. The molecule has 0 aromatic heterocycles. The first-order valence-corrected chi connectivity index (χ1v) is 5.18. The molecule has 0 aliphatic rings. The zero-order valence-corrected chi connectivity index (χ0v) is 9.72. The van der Waals surface area contributed by atoms with E-state index in [2.05, 4.69) is 50.5 Å². The molecule has 0 aromatic rings. The first-order valence-electron chi connectivity index (χ1n) is 5.18. The molecule has 0 nitrogen and oxygen atoms in total. The molecule has 0 aromatic carbocycles. The standard InChI is InChI=1S/C14H20/c1-5-8-11-14(7-3)12-9-10-13(4)6-2/h5-6,9,12H,7,10H2,1-4H3. The van der Waals surface area contributed by atoms with Crippen molar-refractivity contribution >= 4 is 0 Å². The quantitative estimate of drug-likeness (QED) is 0.344. The minimum Gasteiger partial charge on any atom is -0.0884 e. The van der Waals surface area contributed by atoms with Crippen molar-refractivity contribution in [2.24, 2.45) is 0 Å². The number of hydrogen-bond acceptors (Lipinski definition) is 0. The van der Waals surface area contributed by atoms with Gasteiger partial charge in [-0.25, -0.2) is 0 Å². The van der Waals surface area contributed by atoms with Crippen molar-refractivity contribution in [2.45, 2.75) is 40.5 Å². The Balaban J connectivity index is 4.42. The minimum atomic E-state index is 1.01. The third-order valence-electron chi connectivity index (χ3n) is 2.01. The van der Waals surface area contributed by atoms with Gasteiger partial charge in [-0.3, -0.25) is 0 Å². The van der Waals surface area contributed by atoms with Crippen LogP contribution in [0.1, 0.15) is 40.5 Å². The molecule has 0 unspecified atom stereocenters. The van der Waals surface area contributed by atoms with Crippen LogP contribution >= 0.6 is 0 Å². The Labute approximate surface area is 88.0 Å². The highest BCUT2D eigenvalue weighted by Crippen LogP contribution is 2.04. The van der Waals surface area contributed by atoms with Crippen LogP contribution in [0.15, 0.2) is 46.9 Å². The van der Waals surface area contributed by atoms with Gasteiger partial charge >= 0.3 is 0 Å². The lowest BCUT2D eigenvalue weighted by atomic mass is 10.1. The molecule has 0 spiro atoms. The normalized spacial score (nSPS) is 11.0. The molecule has 14 heavy (non-hydrogen) atoms. The van der Waals surface area contributed by atoms with Crippen molar-refractivity contribution in [2.75, 3.05) is 0 Å². The number of rotatable bonds is 4. The largest absolute Gasteiger partial charge is 0.0884 e. The van der Waals surface area contributed by atoms with Crippen LogP contribution in [-0.4, -0.2) is 0 Å². The molecule has 76 valence electrons. The second-order valence-electron chi connectivity index (χ2n) is 3.18. The Morgan fingerprint density at radius 2 is 2.00 bits per heavy atom. The second-order valence-corrected chi connectivity index (χ2v) is 3.18. The summed E-state index contributed by atoms with van der Waals surface area (Å²) in [6.45, 7) is 8.29. The van der Waals surface area contributed by atoms with Gasteiger partial charge < -0.3 is 0 Å². The van der Waals surface area contributed by atoms with Gasteiger partial charge in [-0.1, -0.05) is 42.2 Å². The van der Waals surface area contributed by atoms with E-state index in [1.807, 2.05) is 13.0 Å². The first kappa shape index (κ1) is 12.8. The molecule has 0 radical (unpaired) electrons. The van der Waals surface area contributed by atoms with E-state index in [1.54, 1.807) is 0 Å². The van der Waals surface area contributed by atoms with Crippen LogP contribution < -0.4 is 0 Å². The summed E-state index contributed by atoms with van der Waals surface area (Å²) in [6, 6.07) is 0. The molecule has 0 saturated heterocycles. The minimum absolute atomic E-state index is 1.01. The first-order chi connectivity index (χ1) is 6.74. The van der Waals surface area contributed by atoms with Gasteiger partial charge in [0.05, 0.1) is 0 Å². The summed E-state index contributed by atoms with van der Waals surface area (Å²) in [6.07, 6.45) is 10.4. The molecule has 0 aliphatic heterocycles. The Kier molecular flexibility index (Phi) is 7.65. The van der Waals surface area contributed by atoms with Crippen LogP contribution in [0.4, 0.5) is 0 Å². The lowest BCUT2D eigenvalue weighted by Gasteiger charge is -1.93. The zero-order chi connectivity index (χ0) is 10.8. The SMILES string of the molecule is CC=C=C=C(C=CCC(C)=CC)CC. The van der Waals surface area contributed by atoms with Crippen molar-refractivity contribution in [3.05, 3.63) is 46.9 Å². The van der Waals surface area contributed by atoms with Crippen LogP contribution in [0, 0.1) is 0 Å². The summed E-state index contributed by atoms with van der Waals surface area (Å²) in [5.41, 5.74) is 8.69. The molecule has 0 fully saturated rings.